The highest BCUT2D eigenvalue weighted by Gasteiger charge is 2.07. The third-order valence-electron chi connectivity index (χ3n) is 1.04. The van der Waals surface area contributed by atoms with Gasteiger partial charge in [-0.15, -0.1) is 0 Å². The first-order valence-electron chi connectivity index (χ1n) is 2.70. The van der Waals surface area contributed by atoms with E-state index in [1.54, 1.807) is 6.92 Å². The number of aliphatic hydroxyl groups excluding tert-OH is 1. The summed E-state index contributed by atoms with van der Waals surface area (Å²) < 4.78 is 0. The van der Waals surface area contributed by atoms with Crippen molar-refractivity contribution in [2.24, 2.45) is 0 Å². The predicted molar refractivity (Wildman–Crippen MR) is 38.5 cm³/mol. The number of Topliss-reactive ketones (excluding diaryl/α,β-unsaturated/α-hetero) is 1. The average molecular weight is 149 g/mol. The Morgan fingerprint density at radius 2 is 2.44 bits per heavy atom. The molecule has 0 saturated heterocycles. The summed E-state index contributed by atoms with van der Waals surface area (Å²) in [5.74, 6) is 0.209. The van der Waals surface area contributed by atoms with Gasteiger partial charge in [0.2, 0.25) is 0 Å². The molecule has 0 aliphatic heterocycles. The maximum atomic E-state index is 10.7. The molecule has 0 amide bonds. The molecule has 0 aromatic heterocycles. The van der Waals surface area contributed by atoms with Gasteiger partial charge in [0, 0.05) is 0 Å². The largest absolute Gasteiger partial charge is 0.381 e. The highest BCUT2D eigenvalue weighted by molar-refractivity contribution is 7.81. The van der Waals surface area contributed by atoms with Crippen molar-refractivity contribution in [2.75, 3.05) is 12.5 Å². The molecule has 0 aliphatic carbocycles. The van der Waals surface area contributed by atoms with Gasteiger partial charge in [-0.25, -0.2) is 0 Å². The van der Waals surface area contributed by atoms with Crippen LogP contribution in [0.2, 0.25) is 0 Å². The number of hydrogen-bond acceptors (Lipinski definition) is 4. The summed E-state index contributed by atoms with van der Waals surface area (Å²) in [5, 5.41) is 10.8. The van der Waals surface area contributed by atoms with Gasteiger partial charge in [-0.1, -0.05) is 0 Å². The van der Waals surface area contributed by atoms with E-state index < -0.39 is 0 Å². The molecule has 0 aromatic carbocycles. The van der Waals surface area contributed by atoms with E-state index in [2.05, 4.69) is 17.9 Å². The Hall–Kier alpha value is -0.0600. The molecule has 0 aliphatic rings. The first kappa shape index (κ1) is 8.94. The summed E-state index contributed by atoms with van der Waals surface area (Å²) in [4.78, 5) is 10.7. The van der Waals surface area contributed by atoms with Gasteiger partial charge >= 0.3 is 0 Å². The molecule has 1 atom stereocenters. The van der Waals surface area contributed by atoms with E-state index in [9.17, 15) is 4.79 Å². The molecule has 0 fully saturated rings. The van der Waals surface area contributed by atoms with Crippen molar-refractivity contribution in [3.8, 4) is 0 Å². The van der Waals surface area contributed by atoms with E-state index in [0.29, 0.717) is 0 Å². The highest BCUT2D eigenvalue weighted by atomic mass is 32.1. The van der Waals surface area contributed by atoms with Crippen molar-refractivity contribution in [1.82, 2.24) is 5.32 Å². The molecule has 0 bridgehead atoms. The molecule has 3 nitrogen and oxygen atoms in total. The Morgan fingerprint density at radius 1 is 1.89 bits per heavy atom. The maximum Gasteiger partial charge on any atom is 0.159 e. The lowest BCUT2D eigenvalue weighted by Crippen LogP contribution is -2.35. The monoisotopic (exact) mass is 149 g/mol. The molecule has 54 valence electrons. The Bertz CT molecular complexity index is 97.0. The van der Waals surface area contributed by atoms with E-state index in [1.165, 1.54) is 0 Å². The molecule has 0 aromatic rings. The lowest BCUT2D eigenvalue weighted by Gasteiger charge is -2.06. The number of carbonyl (C=O) groups is 1. The van der Waals surface area contributed by atoms with Crippen LogP contribution in [0, 0.1) is 0 Å². The molecule has 0 saturated carbocycles. The van der Waals surface area contributed by atoms with Crippen molar-refractivity contribution >= 4 is 18.4 Å². The van der Waals surface area contributed by atoms with Crippen LogP contribution in [0.3, 0.4) is 0 Å². The molecule has 4 heteroatoms. The molecule has 0 heterocycles. The second-order valence-corrected chi connectivity index (χ2v) is 2.02. The number of aliphatic hydroxyl groups is 1. The number of nitrogens with one attached hydrogen (secondary N) is 1. The van der Waals surface area contributed by atoms with E-state index in [0.717, 1.165) is 0 Å². The van der Waals surface area contributed by atoms with Crippen molar-refractivity contribution < 1.29 is 9.90 Å². The molecular formula is C5H11NO2S. The van der Waals surface area contributed by atoms with E-state index in [4.69, 9.17) is 5.11 Å². The minimum absolute atomic E-state index is 0.00705. The normalized spacial score (nSPS) is 13.2. The first-order chi connectivity index (χ1) is 4.22. The van der Waals surface area contributed by atoms with Gasteiger partial charge in [0.15, 0.2) is 5.78 Å². The van der Waals surface area contributed by atoms with Crippen LogP contribution >= 0.6 is 12.6 Å². The number of rotatable bonds is 4. The van der Waals surface area contributed by atoms with Crippen LogP contribution in [-0.2, 0) is 4.79 Å². The van der Waals surface area contributed by atoms with Gasteiger partial charge < -0.3 is 5.11 Å². The Kier molecular flexibility index (Phi) is 4.75. The standard InChI is InChI=1S/C5H11NO2S/c1-4(6-3-7)5(8)2-9/h4,6-7,9H,2-3H2,1H3/t4-/m0/s1. The quantitative estimate of drug-likeness (QED) is 0.370. The lowest BCUT2D eigenvalue weighted by molar-refractivity contribution is -0.118. The zero-order valence-corrected chi connectivity index (χ0v) is 6.19. The molecule has 2 N–H and O–H groups in total. The topological polar surface area (TPSA) is 49.3 Å². The van der Waals surface area contributed by atoms with E-state index >= 15 is 0 Å². The van der Waals surface area contributed by atoms with Crippen molar-refractivity contribution in [1.29, 1.82) is 0 Å². The summed E-state index contributed by atoms with van der Waals surface area (Å²) in [5.41, 5.74) is 0. The first-order valence-corrected chi connectivity index (χ1v) is 3.33. The van der Waals surface area contributed by atoms with Crippen LogP contribution in [0.15, 0.2) is 0 Å². The van der Waals surface area contributed by atoms with Gasteiger partial charge in [-0.3, -0.25) is 10.1 Å². The summed E-state index contributed by atoms with van der Waals surface area (Å²) in [7, 11) is 0. The molecule has 0 unspecified atom stereocenters. The van der Waals surface area contributed by atoms with Gasteiger partial charge in [0.1, 0.15) is 0 Å². The lowest BCUT2D eigenvalue weighted by atomic mass is 10.2. The van der Waals surface area contributed by atoms with Crippen LogP contribution in [0.1, 0.15) is 6.92 Å². The second kappa shape index (κ2) is 4.78. The van der Waals surface area contributed by atoms with Gasteiger partial charge in [-0.2, -0.15) is 12.6 Å². The molecule has 9 heavy (non-hydrogen) atoms. The van der Waals surface area contributed by atoms with Crippen LogP contribution in [-0.4, -0.2) is 29.4 Å². The summed E-state index contributed by atoms with van der Waals surface area (Å²) >= 11 is 3.78. The van der Waals surface area contributed by atoms with E-state index in [1.807, 2.05) is 0 Å². The zero-order valence-electron chi connectivity index (χ0n) is 5.29. The molecule has 0 rings (SSSR count). The molecule has 0 spiro atoms. The zero-order chi connectivity index (χ0) is 7.28. The van der Waals surface area contributed by atoms with Crippen LogP contribution < -0.4 is 5.32 Å². The number of thiol groups is 1. The highest BCUT2D eigenvalue weighted by Crippen LogP contribution is 1.85. The number of hydrogen-bond donors (Lipinski definition) is 3. The Labute approximate surface area is 59.9 Å². The average Bonchev–Trinajstić information content (AvgIpc) is 1.87. The van der Waals surface area contributed by atoms with Crippen molar-refractivity contribution in [3.05, 3.63) is 0 Å². The molecular weight excluding hydrogens is 138 g/mol. The number of ketones is 1. The fraction of sp³-hybridized carbons (Fsp3) is 0.800. The maximum absolute atomic E-state index is 10.7. The summed E-state index contributed by atoms with van der Waals surface area (Å²) in [6.45, 7) is 1.52. The number of carbonyl (C=O) groups excluding carboxylic acids is 1. The fourth-order valence-corrected chi connectivity index (χ4v) is 0.662. The van der Waals surface area contributed by atoms with Gasteiger partial charge in [-0.05, 0) is 6.92 Å². The van der Waals surface area contributed by atoms with Crippen LogP contribution in [0.4, 0.5) is 0 Å². The van der Waals surface area contributed by atoms with Crippen molar-refractivity contribution in [3.63, 3.8) is 0 Å². The Morgan fingerprint density at radius 3 is 2.78 bits per heavy atom. The van der Waals surface area contributed by atoms with Crippen LogP contribution in [0.25, 0.3) is 0 Å². The van der Waals surface area contributed by atoms with Crippen LogP contribution in [0.5, 0.6) is 0 Å². The summed E-state index contributed by atoms with van der Waals surface area (Å²) in [6.07, 6.45) is 0. The third kappa shape index (κ3) is 3.51. The van der Waals surface area contributed by atoms with E-state index in [-0.39, 0.29) is 24.3 Å². The smallest absolute Gasteiger partial charge is 0.159 e. The van der Waals surface area contributed by atoms with Gasteiger partial charge in [0.25, 0.3) is 0 Å². The van der Waals surface area contributed by atoms with Crippen molar-refractivity contribution in [2.45, 2.75) is 13.0 Å². The Balaban J connectivity index is 3.45. The minimum atomic E-state index is -0.285. The molecule has 0 radical (unpaired) electrons. The third-order valence-corrected chi connectivity index (χ3v) is 1.35. The predicted octanol–water partition coefficient (Wildman–Crippen LogP) is -0.587. The summed E-state index contributed by atoms with van der Waals surface area (Å²) in [6, 6.07) is -0.285. The second-order valence-electron chi connectivity index (χ2n) is 1.71. The fourth-order valence-electron chi connectivity index (χ4n) is 0.388. The minimum Gasteiger partial charge on any atom is -0.381 e. The SMILES string of the molecule is C[C@H](NCO)C(=O)CS. The van der Waals surface area contributed by atoms with Gasteiger partial charge in [0.05, 0.1) is 18.5 Å².